The number of benzene rings is 2. The molecule has 0 atom stereocenters. The Balaban J connectivity index is 1.47. The standard InChI is InChI=1S/C21H13F3N2O4S/c1-11-16(31-17(25-11)12-6-8-13(9-7-12)21(22,23)24)20(29)30-10-26-18(27)14-4-2-3-5-15(14)19(26)28/h2-9H,10H2,1H3. The first-order valence-corrected chi connectivity index (χ1v) is 9.76. The van der Waals surface area contributed by atoms with Crippen molar-refractivity contribution in [2.75, 3.05) is 6.73 Å². The van der Waals surface area contributed by atoms with Gasteiger partial charge in [-0.05, 0) is 31.2 Å². The summed E-state index contributed by atoms with van der Waals surface area (Å²) < 4.78 is 43.3. The molecule has 1 aliphatic heterocycles. The number of fused-ring (bicyclic) bond motifs is 1. The van der Waals surface area contributed by atoms with Crippen LogP contribution in [0.3, 0.4) is 0 Å². The van der Waals surface area contributed by atoms with Crippen LogP contribution in [0.5, 0.6) is 0 Å². The summed E-state index contributed by atoms with van der Waals surface area (Å²) >= 11 is 0.950. The number of thiazole rings is 1. The quantitative estimate of drug-likeness (QED) is 0.434. The van der Waals surface area contributed by atoms with E-state index in [1.807, 2.05) is 0 Å². The van der Waals surface area contributed by atoms with Gasteiger partial charge in [-0.1, -0.05) is 24.3 Å². The summed E-state index contributed by atoms with van der Waals surface area (Å²) in [5, 5.41) is 0.346. The lowest BCUT2D eigenvalue weighted by Crippen LogP contribution is -2.33. The molecule has 0 saturated heterocycles. The first-order valence-electron chi connectivity index (χ1n) is 8.94. The Morgan fingerprint density at radius 3 is 2.16 bits per heavy atom. The minimum Gasteiger partial charge on any atom is -0.439 e. The molecule has 0 aliphatic carbocycles. The Morgan fingerprint density at radius 1 is 1.03 bits per heavy atom. The van der Waals surface area contributed by atoms with Crippen molar-refractivity contribution in [2.24, 2.45) is 0 Å². The van der Waals surface area contributed by atoms with Crippen LogP contribution in [0.25, 0.3) is 10.6 Å². The maximum absolute atomic E-state index is 12.7. The van der Waals surface area contributed by atoms with Gasteiger partial charge >= 0.3 is 12.1 Å². The smallest absolute Gasteiger partial charge is 0.416 e. The number of ether oxygens (including phenoxy) is 1. The van der Waals surface area contributed by atoms with Gasteiger partial charge in [-0.25, -0.2) is 14.7 Å². The molecule has 0 unspecified atom stereocenters. The number of halogens is 3. The zero-order chi connectivity index (χ0) is 22.3. The van der Waals surface area contributed by atoms with Crippen molar-refractivity contribution >= 4 is 29.1 Å². The number of alkyl halides is 3. The predicted octanol–water partition coefficient (Wildman–Crippen LogP) is 4.55. The highest BCUT2D eigenvalue weighted by Gasteiger charge is 2.36. The lowest BCUT2D eigenvalue weighted by atomic mass is 10.1. The number of nitrogens with zero attached hydrogens (tertiary/aromatic N) is 2. The van der Waals surface area contributed by atoms with E-state index in [0.717, 1.165) is 28.4 Å². The number of rotatable bonds is 4. The van der Waals surface area contributed by atoms with Crippen molar-refractivity contribution < 1.29 is 32.3 Å². The molecule has 0 bridgehead atoms. The van der Waals surface area contributed by atoms with Crippen LogP contribution >= 0.6 is 11.3 Å². The van der Waals surface area contributed by atoms with Gasteiger partial charge < -0.3 is 4.74 Å². The average Bonchev–Trinajstić information content (AvgIpc) is 3.24. The lowest BCUT2D eigenvalue weighted by Gasteiger charge is -2.13. The van der Waals surface area contributed by atoms with Crippen LogP contribution < -0.4 is 0 Å². The molecule has 4 rings (SSSR count). The van der Waals surface area contributed by atoms with Crippen LogP contribution in [0.4, 0.5) is 13.2 Å². The predicted molar refractivity (Wildman–Crippen MR) is 105 cm³/mol. The fraction of sp³-hybridized carbons (Fsp3) is 0.143. The third-order valence-electron chi connectivity index (χ3n) is 4.64. The van der Waals surface area contributed by atoms with Gasteiger partial charge in [-0.3, -0.25) is 9.59 Å². The number of aromatic nitrogens is 1. The molecule has 2 heterocycles. The zero-order valence-electron chi connectivity index (χ0n) is 15.9. The number of imide groups is 1. The maximum Gasteiger partial charge on any atom is 0.416 e. The number of carbonyl (C=O) groups is 3. The highest BCUT2D eigenvalue weighted by Crippen LogP contribution is 2.33. The van der Waals surface area contributed by atoms with E-state index in [0.29, 0.717) is 16.3 Å². The second-order valence-electron chi connectivity index (χ2n) is 6.65. The first kappa shape index (κ1) is 20.7. The average molecular weight is 446 g/mol. The molecule has 2 aromatic carbocycles. The van der Waals surface area contributed by atoms with Crippen LogP contribution in [-0.2, 0) is 10.9 Å². The monoisotopic (exact) mass is 446 g/mol. The summed E-state index contributed by atoms with van der Waals surface area (Å²) in [6.45, 7) is 1.00. The summed E-state index contributed by atoms with van der Waals surface area (Å²) in [5.41, 5.74) is 0.432. The fourth-order valence-electron chi connectivity index (χ4n) is 3.06. The molecule has 31 heavy (non-hydrogen) atoms. The molecule has 0 radical (unpaired) electrons. The van der Waals surface area contributed by atoms with E-state index >= 15 is 0 Å². The summed E-state index contributed by atoms with van der Waals surface area (Å²) in [6.07, 6.45) is -4.45. The van der Waals surface area contributed by atoms with Crippen molar-refractivity contribution in [1.82, 2.24) is 9.88 Å². The number of carbonyl (C=O) groups excluding carboxylic acids is 3. The molecule has 1 aromatic heterocycles. The molecule has 0 fully saturated rings. The summed E-state index contributed by atoms with van der Waals surface area (Å²) in [7, 11) is 0. The fourth-order valence-corrected chi connectivity index (χ4v) is 4.02. The van der Waals surface area contributed by atoms with Gasteiger partial charge in [-0.15, -0.1) is 11.3 Å². The van der Waals surface area contributed by atoms with Gasteiger partial charge in [0.2, 0.25) is 0 Å². The van der Waals surface area contributed by atoms with E-state index in [-0.39, 0.29) is 16.0 Å². The minimum atomic E-state index is -4.45. The van der Waals surface area contributed by atoms with E-state index in [1.54, 1.807) is 19.1 Å². The van der Waals surface area contributed by atoms with E-state index in [2.05, 4.69) is 4.98 Å². The van der Waals surface area contributed by atoms with Crippen LogP contribution in [-0.4, -0.2) is 34.4 Å². The van der Waals surface area contributed by atoms with Gasteiger partial charge in [0, 0.05) is 5.56 Å². The van der Waals surface area contributed by atoms with Crippen molar-refractivity contribution in [3.8, 4) is 10.6 Å². The number of aryl methyl sites for hydroxylation is 1. The van der Waals surface area contributed by atoms with E-state index in [1.165, 1.54) is 24.3 Å². The second kappa shape index (κ2) is 7.62. The van der Waals surface area contributed by atoms with Gasteiger partial charge in [0.15, 0.2) is 6.73 Å². The lowest BCUT2D eigenvalue weighted by molar-refractivity contribution is -0.137. The van der Waals surface area contributed by atoms with Gasteiger partial charge in [0.1, 0.15) is 9.88 Å². The van der Waals surface area contributed by atoms with Crippen molar-refractivity contribution in [1.29, 1.82) is 0 Å². The maximum atomic E-state index is 12.7. The third kappa shape index (κ3) is 3.81. The molecule has 10 heteroatoms. The number of esters is 1. The Bertz CT molecular complexity index is 1170. The van der Waals surface area contributed by atoms with Crippen molar-refractivity contribution in [3.05, 3.63) is 75.8 Å². The minimum absolute atomic E-state index is 0.131. The molecule has 0 spiro atoms. The summed E-state index contributed by atoms with van der Waals surface area (Å²) in [4.78, 5) is 42.3. The Kier molecular flexibility index (Phi) is 5.10. The SMILES string of the molecule is Cc1nc(-c2ccc(C(F)(F)F)cc2)sc1C(=O)OCN1C(=O)c2ccccc2C1=O. The molecular weight excluding hydrogens is 433 g/mol. The molecule has 0 N–H and O–H groups in total. The van der Waals surface area contributed by atoms with Crippen LogP contribution in [0, 0.1) is 6.92 Å². The Hall–Kier alpha value is -3.53. The van der Waals surface area contributed by atoms with Crippen molar-refractivity contribution in [2.45, 2.75) is 13.1 Å². The molecule has 1 aliphatic rings. The van der Waals surface area contributed by atoms with Crippen LogP contribution in [0.15, 0.2) is 48.5 Å². The summed E-state index contributed by atoms with van der Waals surface area (Å²) in [6, 6.07) is 10.7. The van der Waals surface area contributed by atoms with Gasteiger partial charge in [-0.2, -0.15) is 13.2 Å². The number of amides is 2. The second-order valence-corrected chi connectivity index (χ2v) is 7.65. The van der Waals surface area contributed by atoms with Gasteiger partial charge in [0.25, 0.3) is 11.8 Å². The normalized spacial score (nSPS) is 13.5. The number of hydrogen-bond acceptors (Lipinski definition) is 6. The van der Waals surface area contributed by atoms with Crippen molar-refractivity contribution in [3.63, 3.8) is 0 Å². The Morgan fingerprint density at radius 2 is 1.61 bits per heavy atom. The molecule has 2 amide bonds. The van der Waals surface area contributed by atoms with E-state index in [4.69, 9.17) is 4.74 Å². The summed E-state index contributed by atoms with van der Waals surface area (Å²) in [5.74, 6) is -1.90. The molecule has 3 aromatic rings. The largest absolute Gasteiger partial charge is 0.439 e. The third-order valence-corrected chi connectivity index (χ3v) is 5.83. The topological polar surface area (TPSA) is 76.6 Å². The zero-order valence-corrected chi connectivity index (χ0v) is 16.7. The van der Waals surface area contributed by atoms with E-state index in [9.17, 15) is 27.6 Å². The molecular formula is C21H13F3N2O4S. The highest BCUT2D eigenvalue weighted by atomic mass is 32.1. The molecule has 158 valence electrons. The number of hydrogen-bond donors (Lipinski definition) is 0. The van der Waals surface area contributed by atoms with Gasteiger partial charge in [0.05, 0.1) is 22.4 Å². The highest BCUT2D eigenvalue weighted by molar-refractivity contribution is 7.17. The molecule has 0 saturated carbocycles. The first-order chi connectivity index (χ1) is 14.7. The van der Waals surface area contributed by atoms with Crippen LogP contribution in [0.1, 0.15) is 41.6 Å². The van der Waals surface area contributed by atoms with Crippen LogP contribution in [0.2, 0.25) is 0 Å². The molecule has 6 nitrogen and oxygen atoms in total. The van der Waals surface area contributed by atoms with E-state index < -0.39 is 36.3 Å². The Labute approximate surface area is 177 Å².